The Kier molecular flexibility index (Phi) is 6.44. The number of rotatable bonds is 7. The third-order valence-corrected chi connectivity index (χ3v) is 7.66. The van der Waals surface area contributed by atoms with Crippen LogP contribution in [0, 0.1) is 0 Å². The van der Waals surface area contributed by atoms with Crippen molar-refractivity contribution in [3.05, 3.63) is 59.2 Å². The number of likely N-dealkylation sites (tertiary alicyclic amines) is 1. The molecule has 2 aromatic rings. The van der Waals surface area contributed by atoms with Gasteiger partial charge in [0.1, 0.15) is 5.75 Å². The van der Waals surface area contributed by atoms with Gasteiger partial charge in [-0.25, -0.2) is 8.42 Å². The number of fused-ring (bicyclic) bond motifs is 1. The number of ether oxygens (including phenoxy) is 1. The molecule has 0 spiro atoms. The van der Waals surface area contributed by atoms with Crippen molar-refractivity contribution in [2.75, 3.05) is 37.3 Å². The zero-order valence-corrected chi connectivity index (χ0v) is 19.7. The number of hydrogen-bond acceptors (Lipinski definition) is 5. The number of carbonyl (C=O) groups excluding carboxylic acids is 1. The Morgan fingerprint density at radius 1 is 1.16 bits per heavy atom. The number of sulfonamides is 1. The summed E-state index contributed by atoms with van der Waals surface area (Å²) in [5.41, 5.74) is 3.27. The molecule has 2 aromatic carbocycles. The van der Waals surface area contributed by atoms with Gasteiger partial charge in [-0.3, -0.25) is 14.0 Å². The van der Waals surface area contributed by atoms with E-state index in [1.165, 1.54) is 23.4 Å². The molecule has 32 heavy (non-hydrogen) atoms. The number of carbonyl (C=O) groups is 1. The number of benzene rings is 2. The third kappa shape index (κ3) is 4.61. The van der Waals surface area contributed by atoms with Gasteiger partial charge in [0.25, 0.3) is 5.91 Å². The van der Waals surface area contributed by atoms with Crippen LogP contribution in [0.4, 0.5) is 5.69 Å². The smallest absolute Gasteiger partial charge is 0.251 e. The van der Waals surface area contributed by atoms with Crippen molar-refractivity contribution in [1.82, 2.24) is 10.2 Å². The summed E-state index contributed by atoms with van der Waals surface area (Å²) in [4.78, 5) is 15.4. The lowest BCUT2D eigenvalue weighted by atomic mass is 10.0. The van der Waals surface area contributed by atoms with Gasteiger partial charge in [-0.2, -0.15) is 0 Å². The van der Waals surface area contributed by atoms with E-state index in [-0.39, 0.29) is 18.0 Å². The largest absolute Gasteiger partial charge is 0.497 e. The summed E-state index contributed by atoms with van der Waals surface area (Å²) in [6, 6.07) is 13.3. The van der Waals surface area contributed by atoms with E-state index in [1.807, 2.05) is 25.1 Å². The lowest BCUT2D eigenvalue weighted by molar-refractivity contribution is 0.0938. The van der Waals surface area contributed by atoms with Crippen LogP contribution in [0.2, 0.25) is 0 Å². The maximum Gasteiger partial charge on any atom is 0.251 e. The highest BCUT2D eigenvalue weighted by Gasteiger charge is 2.33. The normalized spacial score (nSPS) is 19.6. The van der Waals surface area contributed by atoms with Crippen LogP contribution < -0.4 is 14.4 Å². The van der Waals surface area contributed by atoms with E-state index < -0.39 is 10.0 Å². The molecule has 7 nitrogen and oxygen atoms in total. The van der Waals surface area contributed by atoms with Gasteiger partial charge in [-0.15, -0.1) is 0 Å². The van der Waals surface area contributed by atoms with Gasteiger partial charge < -0.3 is 10.1 Å². The van der Waals surface area contributed by atoms with Gasteiger partial charge in [0, 0.05) is 18.2 Å². The van der Waals surface area contributed by atoms with Crippen LogP contribution in [0.25, 0.3) is 0 Å². The predicted molar refractivity (Wildman–Crippen MR) is 126 cm³/mol. The highest BCUT2D eigenvalue weighted by atomic mass is 32.2. The molecule has 0 aliphatic carbocycles. The molecule has 2 aliphatic heterocycles. The average molecular weight is 458 g/mol. The molecule has 0 radical (unpaired) electrons. The minimum absolute atomic E-state index is 0.0996. The number of methoxy groups -OCH3 is 1. The summed E-state index contributed by atoms with van der Waals surface area (Å²) in [5, 5.41) is 3.10. The minimum Gasteiger partial charge on any atom is -0.497 e. The molecule has 172 valence electrons. The van der Waals surface area contributed by atoms with Crippen molar-refractivity contribution in [3.63, 3.8) is 0 Å². The molecule has 0 bridgehead atoms. The molecular weight excluding hydrogens is 426 g/mol. The van der Waals surface area contributed by atoms with Crippen LogP contribution in [0.1, 0.15) is 47.3 Å². The third-order valence-electron chi connectivity index (χ3n) is 6.39. The molecule has 8 heteroatoms. The maximum atomic E-state index is 13.0. The number of anilines is 1. The molecule has 0 saturated carbocycles. The summed E-state index contributed by atoms with van der Waals surface area (Å²) in [6.45, 7) is 4.43. The quantitative estimate of drug-likeness (QED) is 0.692. The Morgan fingerprint density at radius 2 is 1.84 bits per heavy atom. The van der Waals surface area contributed by atoms with Crippen LogP contribution in [0.15, 0.2) is 42.5 Å². The summed E-state index contributed by atoms with van der Waals surface area (Å²) in [7, 11) is -1.69. The Bertz CT molecular complexity index is 1080. The van der Waals surface area contributed by atoms with E-state index in [1.54, 1.807) is 19.2 Å². The maximum absolute atomic E-state index is 13.0. The lowest BCUT2D eigenvalue weighted by Gasteiger charge is -2.28. The first-order valence-electron chi connectivity index (χ1n) is 11.1. The Labute approximate surface area is 190 Å². The van der Waals surface area contributed by atoms with Crippen molar-refractivity contribution >= 4 is 21.6 Å². The number of nitrogens with zero attached hydrogens (tertiary/aromatic N) is 2. The van der Waals surface area contributed by atoms with Crippen LogP contribution in [0.3, 0.4) is 0 Å². The summed E-state index contributed by atoms with van der Waals surface area (Å²) in [6.07, 6.45) is 4.16. The fourth-order valence-electron chi connectivity index (χ4n) is 4.88. The van der Waals surface area contributed by atoms with E-state index in [2.05, 4.69) is 22.3 Å². The zero-order valence-electron chi connectivity index (χ0n) is 18.9. The second-order valence-corrected chi connectivity index (χ2v) is 10.6. The number of nitrogens with one attached hydrogen (secondary N) is 1. The highest BCUT2D eigenvalue weighted by Crippen LogP contribution is 2.34. The number of amides is 1. The van der Waals surface area contributed by atoms with Crippen LogP contribution >= 0.6 is 0 Å². The second-order valence-electron chi connectivity index (χ2n) is 8.70. The first kappa shape index (κ1) is 22.6. The molecule has 2 aliphatic rings. The lowest BCUT2D eigenvalue weighted by Crippen LogP contribution is -2.36. The van der Waals surface area contributed by atoms with Crippen molar-refractivity contribution < 1.29 is 17.9 Å². The van der Waals surface area contributed by atoms with Crippen molar-refractivity contribution in [1.29, 1.82) is 0 Å². The molecule has 4 rings (SSSR count). The van der Waals surface area contributed by atoms with Gasteiger partial charge in [-0.1, -0.05) is 12.1 Å². The Hall–Kier alpha value is -2.58. The molecule has 2 atom stereocenters. The van der Waals surface area contributed by atoms with E-state index in [0.717, 1.165) is 30.0 Å². The van der Waals surface area contributed by atoms with Crippen molar-refractivity contribution in [2.24, 2.45) is 0 Å². The van der Waals surface area contributed by atoms with Gasteiger partial charge in [-0.05, 0) is 80.7 Å². The molecule has 0 unspecified atom stereocenters. The van der Waals surface area contributed by atoms with E-state index in [0.29, 0.717) is 24.2 Å². The van der Waals surface area contributed by atoms with Crippen molar-refractivity contribution in [2.45, 2.75) is 38.3 Å². The van der Waals surface area contributed by atoms with Gasteiger partial charge >= 0.3 is 0 Å². The van der Waals surface area contributed by atoms with Crippen LogP contribution in [0.5, 0.6) is 5.75 Å². The van der Waals surface area contributed by atoms with Crippen LogP contribution in [-0.2, 0) is 16.4 Å². The average Bonchev–Trinajstić information content (AvgIpc) is 3.40. The summed E-state index contributed by atoms with van der Waals surface area (Å²) < 4.78 is 31.0. The van der Waals surface area contributed by atoms with Crippen LogP contribution in [-0.4, -0.2) is 58.3 Å². The predicted octanol–water partition coefficient (Wildman–Crippen LogP) is 2.97. The van der Waals surface area contributed by atoms with Gasteiger partial charge in [0.2, 0.25) is 10.0 Å². The molecule has 0 aromatic heterocycles. The fourth-order valence-corrected chi connectivity index (χ4v) is 6.14. The molecule has 1 N–H and O–H groups in total. The summed E-state index contributed by atoms with van der Waals surface area (Å²) >= 11 is 0. The Morgan fingerprint density at radius 3 is 2.47 bits per heavy atom. The highest BCUT2D eigenvalue weighted by molar-refractivity contribution is 7.92. The molecule has 1 fully saturated rings. The SMILES string of the molecule is COc1ccc([C@@H](CNC(=O)c2ccc3c(c2)C[C@@H](C)N3S(C)(=O)=O)N2CCCC2)cc1. The zero-order chi connectivity index (χ0) is 22.9. The first-order chi connectivity index (χ1) is 15.3. The fraction of sp³-hybridized carbons (Fsp3) is 0.458. The van der Waals surface area contributed by atoms with Gasteiger partial charge in [0.05, 0.1) is 25.1 Å². The number of hydrogen-bond donors (Lipinski definition) is 1. The van der Waals surface area contributed by atoms with E-state index >= 15 is 0 Å². The molecule has 1 saturated heterocycles. The standard InChI is InChI=1S/C24H31N3O4S/c1-17-14-20-15-19(8-11-22(20)27(17)32(3,29)30)24(28)25-16-23(26-12-4-5-13-26)18-6-9-21(31-2)10-7-18/h6-11,15,17,23H,4-5,12-14,16H2,1-3H3,(H,25,28)/t17-,23-/m1/s1. The molecular formula is C24H31N3O4S. The van der Waals surface area contributed by atoms with Crippen molar-refractivity contribution in [3.8, 4) is 5.75 Å². The van der Waals surface area contributed by atoms with E-state index in [9.17, 15) is 13.2 Å². The molecule has 1 amide bonds. The van der Waals surface area contributed by atoms with Gasteiger partial charge in [0.15, 0.2) is 0 Å². The second kappa shape index (κ2) is 9.11. The molecule has 2 heterocycles. The first-order valence-corrected chi connectivity index (χ1v) is 12.9. The van der Waals surface area contributed by atoms with E-state index in [4.69, 9.17) is 4.74 Å². The Balaban J connectivity index is 1.49. The topological polar surface area (TPSA) is 79.0 Å². The minimum atomic E-state index is -3.35. The monoisotopic (exact) mass is 457 g/mol. The summed E-state index contributed by atoms with van der Waals surface area (Å²) in [5.74, 6) is 0.671.